The van der Waals surface area contributed by atoms with Gasteiger partial charge in [-0.2, -0.15) is 12.7 Å². The molecule has 3 rings (SSSR count). The summed E-state index contributed by atoms with van der Waals surface area (Å²) in [4.78, 5) is 20.8. The van der Waals surface area contributed by atoms with Crippen LogP contribution in [0.15, 0.2) is 52.9 Å². The second kappa shape index (κ2) is 10.2. The minimum atomic E-state index is -3.94. The molecule has 0 amide bonds. The van der Waals surface area contributed by atoms with Crippen molar-refractivity contribution < 1.29 is 27.2 Å². The van der Waals surface area contributed by atoms with E-state index in [-0.39, 0.29) is 13.2 Å². The number of hydrogen-bond acceptors (Lipinski definition) is 7. The van der Waals surface area contributed by atoms with Crippen LogP contribution < -0.4 is 4.74 Å². The summed E-state index contributed by atoms with van der Waals surface area (Å²) in [6.45, 7) is 5.08. The predicted octanol–water partition coefficient (Wildman–Crippen LogP) is 3.62. The highest BCUT2D eigenvalue weighted by atomic mass is 32.2. The molecule has 0 unspecified atom stereocenters. The van der Waals surface area contributed by atoms with Crippen LogP contribution in [0.1, 0.15) is 29.5 Å². The van der Waals surface area contributed by atoms with E-state index in [0.717, 1.165) is 22.4 Å². The third-order valence-corrected chi connectivity index (χ3v) is 6.39. The molecule has 0 fully saturated rings. The quantitative estimate of drug-likeness (QED) is 0.437. The first-order chi connectivity index (χ1) is 15.6. The average Bonchev–Trinajstić information content (AvgIpc) is 3.13. The number of ether oxygens (including phenoxy) is 1. The smallest absolute Gasteiger partial charge is 0.323 e. The maximum absolute atomic E-state index is 12.4. The molecule has 1 heterocycles. The molecule has 33 heavy (non-hydrogen) atoms. The molecular formula is C23H27N3O6S. The van der Waals surface area contributed by atoms with Crippen molar-refractivity contribution in [1.82, 2.24) is 13.8 Å². The largest absolute Gasteiger partial charge is 0.487 e. The van der Waals surface area contributed by atoms with Crippen LogP contribution in [0.2, 0.25) is 0 Å². The van der Waals surface area contributed by atoms with Crippen molar-refractivity contribution in [3.8, 4) is 17.2 Å². The van der Waals surface area contributed by atoms with E-state index in [1.54, 1.807) is 24.3 Å². The van der Waals surface area contributed by atoms with Crippen molar-refractivity contribution >= 4 is 16.2 Å². The molecule has 9 nitrogen and oxygen atoms in total. The van der Waals surface area contributed by atoms with E-state index >= 15 is 0 Å². The third kappa shape index (κ3) is 6.19. The van der Waals surface area contributed by atoms with E-state index in [0.29, 0.717) is 33.1 Å². The number of benzene rings is 2. The standard InChI is InChI=1S/C23H27N3O6S/c1-16-6-10-20(11-7-16)23-24-22(17(2)31-23)15-30-21-12-8-19(9-13-21)14-26(32-18(3)27)33(28,29)25(4)5/h6-13H,14-15H2,1-5H3. The Bertz CT molecular complexity index is 1200. The molecule has 0 spiro atoms. The van der Waals surface area contributed by atoms with Crippen LogP contribution >= 0.6 is 0 Å². The van der Waals surface area contributed by atoms with Gasteiger partial charge in [0.15, 0.2) is 0 Å². The van der Waals surface area contributed by atoms with Gasteiger partial charge in [-0.05, 0) is 48.1 Å². The van der Waals surface area contributed by atoms with Crippen LogP contribution in [0.4, 0.5) is 0 Å². The number of carbonyl (C=O) groups excluding carboxylic acids is 1. The van der Waals surface area contributed by atoms with Crippen molar-refractivity contribution in [3.05, 3.63) is 71.1 Å². The van der Waals surface area contributed by atoms with Gasteiger partial charge in [-0.3, -0.25) is 4.79 Å². The fourth-order valence-corrected chi connectivity index (χ4v) is 3.74. The van der Waals surface area contributed by atoms with Gasteiger partial charge in [-0.25, -0.2) is 4.98 Å². The molecule has 0 bridgehead atoms. The van der Waals surface area contributed by atoms with Gasteiger partial charge in [0, 0.05) is 26.6 Å². The van der Waals surface area contributed by atoms with Crippen LogP contribution in [0.25, 0.3) is 11.5 Å². The Hall–Kier alpha value is -3.21. The van der Waals surface area contributed by atoms with Crippen LogP contribution in [0.5, 0.6) is 5.75 Å². The van der Waals surface area contributed by atoms with Crippen molar-refractivity contribution in [2.45, 2.75) is 33.9 Å². The zero-order chi connectivity index (χ0) is 24.2. The minimum absolute atomic E-state index is 0.136. The van der Waals surface area contributed by atoms with Gasteiger partial charge in [0.05, 0.1) is 6.54 Å². The monoisotopic (exact) mass is 473 g/mol. The molecule has 0 saturated heterocycles. The molecule has 1 aromatic heterocycles. The fourth-order valence-electron chi connectivity index (χ4n) is 2.86. The van der Waals surface area contributed by atoms with Crippen LogP contribution in [-0.4, -0.2) is 42.2 Å². The molecule has 0 aliphatic heterocycles. The number of oxazole rings is 1. The number of carbonyl (C=O) groups is 1. The number of aryl methyl sites for hydroxylation is 2. The molecule has 2 aromatic carbocycles. The molecule has 0 atom stereocenters. The zero-order valence-electron chi connectivity index (χ0n) is 19.2. The van der Waals surface area contributed by atoms with E-state index < -0.39 is 16.2 Å². The average molecular weight is 474 g/mol. The number of hydroxylamine groups is 1. The van der Waals surface area contributed by atoms with Gasteiger partial charge in [0.1, 0.15) is 23.8 Å². The van der Waals surface area contributed by atoms with Crippen molar-refractivity contribution in [3.63, 3.8) is 0 Å². The number of aromatic nitrogens is 1. The second-order valence-electron chi connectivity index (χ2n) is 7.65. The van der Waals surface area contributed by atoms with E-state index in [9.17, 15) is 13.2 Å². The van der Waals surface area contributed by atoms with Gasteiger partial charge in [0.25, 0.3) is 0 Å². The van der Waals surface area contributed by atoms with Gasteiger partial charge < -0.3 is 14.0 Å². The highest BCUT2D eigenvalue weighted by molar-refractivity contribution is 7.86. The lowest BCUT2D eigenvalue weighted by molar-refractivity contribution is -0.168. The Labute approximate surface area is 193 Å². The Morgan fingerprint density at radius 3 is 2.24 bits per heavy atom. The highest BCUT2D eigenvalue weighted by Crippen LogP contribution is 2.24. The first-order valence-corrected chi connectivity index (χ1v) is 11.6. The maximum atomic E-state index is 12.4. The number of rotatable bonds is 9. The van der Waals surface area contributed by atoms with Crippen molar-refractivity contribution in [2.75, 3.05) is 14.1 Å². The first-order valence-electron chi connectivity index (χ1n) is 10.2. The summed E-state index contributed by atoms with van der Waals surface area (Å²) in [5.74, 6) is 1.06. The summed E-state index contributed by atoms with van der Waals surface area (Å²) in [5.41, 5.74) is 3.36. The van der Waals surface area contributed by atoms with Gasteiger partial charge >= 0.3 is 16.2 Å². The Kier molecular flexibility index (Phi) is 7.52. The fraction of sp³-hybridized carbons (Fsp3) is 0.304. The molecule has 0 radical (unpaired) electrons. The van der Waals surface area contributed by atoms with E-state index in [1.165, 1.54) is 14.1 Å². The minimum Gasteiger partial charge on any atom is -0.487 e. The summed E-state index contributed by atoms with van der Waals surface area (Å²) in [5, 5.41) is 0. The predicted molar refractivity (Wildman–Crippen MR) is 122 cm³/mol. The molecule has 3 aromatic rings. The summed E-state index contributed by atoms with van der Waals surface area (Å²) in [6, 6.07) is 14.7. The molecule has 0 aliphatic carbocycles. The number of hydrogen-bond donors (Lipinski definition) is 0. The van der Waals surface area contributed by atoms with Gasteiger partial charge in [-0.1, -0.05) is 29.8 Å². The summed E-state index contributed by atoms with van der Waals surface area (Å²) >= 11 is 0. The van der Waals surface area contributed by atoms with Crippen LogP contribution in [-0.2, 0) is 33.0 Å². The SMILES string of the molecule is CC(=O)ON(Cc1ccc(OCc2nc(-c3ccc(C)cc3)oc2C)cc1)S(=O)(=O)N(C)C. The van der Waals surface area contributed by atoms with Crippen LogP contribution in [0, 0.1) is 13.8 Å². The molecule has 10 heteroatoms. The van der Waals surface area contributed by atoms with Crippen LogP contribution in [0.3, 0.4) is 0 Å². The lowest BCUT2D eigenvalue weighted by Crippen LogP contribution is -2.40. The summed E-state index contributed by atoms with van der Waals surface area (Å²) in [6.07, 6.45) is 0. The molecule has 0 aliphatic rings. The maximum Gasteiger partial charge on any atom is 0.323 e. The Balaban J connectivity index is 1.66. The molecule has 0 saturated carbocycles. The lowest BCUT2D eigenvalue weighted by atomic mass is 10.1. The molecular weight excluding hydrogens is 446 g/mol. The highest BCUT2D eigenvalue weighted by Gasteiger charge is 2.28. The third-order valence-electron chi connectivity index (χ3n) is 4.75. The lowest BCUT2D eigenvalue weighted by Gasteiger charge is -2.23. The van der Waals surface area contributed by atoms with Crippen molar-refractivity contribution in [1.29, 1.82) is 0 Å². The summed E-state index contributed by atoms with van der Waals surface area (Å²) in [7, 11) is -1.22. The Morgan fingerprint density at radius 1 is 1.03 bits per heavy atom. The van der Waals surface area contributed by atoms with Gasteiger partial charge in [-0.15, -0.1) is 0 Å². The normalized spacial score (nSPS) is 11.7. The summed E-state index contributed by atoms with van der Waals surface area (Å²) < 4.78 is 38.0. The molecule has 176 valence electrons. The molecule has 0 N–H and O–H groups in total. The van der Waals surface area contributed by atoms with E-state index in [2.05, 4.69) is 4.98 Å². The zero-order valence-corrected chi connectivity index (χ0v) is 20.0. The van der Waals surface area contributed by atoms with Crippen molar-refractivity contribution in [2.24, 2.45) is 0 Å². The topological polar surface area (TPSA) is 102 Å². The van der Waals surface area contributed by atoms with E-state index in [1.807, 2.05) is 38.1 Å². The van der Waals surface area contributed by atoms with Gasteiger partial charge in [0.2, 0.25) is 5.89 Å². The Morgan fingerprint density at radius 2 is 1.67 bits per heavy atom. The number of nitrogens with zero attached hydrogens (tertiary/aromatic N) is 3. The second-order valence-corrected chi connectivity index (χ2v) is 9.69. The first kappa shape index (κ1) is 24.4. The van der Waals surface area contributed by atoms with E-state index in [4.69, 9.17) is 14.0 Å².